The number of imidazole rings is 1. The summed E-state index contributed by atoms with van der Waals surface area (Å²) in [6.45, 7) is 1.94. The van der Waals surface area contributed by atoms with Crippen molar-refractivity contribution in [1.82, 2.24) is 24.8 Å². The molecular weight excluding hydrogens is 226 g/mol. The fourth-order valence-electron chi connectivity index (χ4n) is 1.93. The van der Waals surface area contributed by atoms with Crippen LogP contribution in [0.4, 0.5) is 0 Å². The lowest BCUT2D eigenvalue weighted by atomic mass is 10.1. The molecular formula is C13H19N5. The van der Waals surface area contributed by atoms with Gasteiger partial charge in [0.05, 0.1) is 23.6 Å². The molecule has 0 aliphatic heterocycles. The van der Waals surface area contributed by atoms with Gasteiger partial charge in [0.1, 0.15) is 5.82 Å². The van der Waals surface area contributed by atoms with E-state index in [1.165, 1.54) is 0 Å². The van der Waals surface area contributed by atoms with E-state index < -0.39 is 0 Å². The molecule has 2 heterocycles. The average Bonchev–Trinajstić information content (AvgIpc) is 2.78. The van der Waals surface area contributed by atoms with Crippen molar-refractivity contribution >= 4 is 0 Å². The Kier molecular flexibility index (Phi) is 4.04. The fourth-order valence-corrected chi connectivity index (χ4v) is 1.93. The second kappa shape index (κ2) is 5.73. The molecule has 1 N–H and O–H groups in total. The predicted octanol–water partition coefficient (Wildman–Crippen LogP) is 1.41. The van der Waals surface area contributed by atoms with Crippen molar-refractivity contribution < 1.29 is 0 Å². The van der Waals surface area contributed by atoms with E-state index in [4.69, 9.17) is 0 Å². The number of aromatic nitrogens is 4. The van der Waals surface area contributed by atoms with Crippen LogP contribution in [0, 0.1) is 6.92 Å². The van der Waals surface area contributed by atoms with Gasteiger partial charge in [0.2, 0.25) is 0 Å². The molecule has 0 fully saturated rings. The first kappa shape index (κ1) is 12.7. The molecule has 5 heteroatoms. The topological polar surface area (TPSA) is 55.6 Å². The number of nitrogens with one attached hydrogen (secondary N) is 1. The lowest BCUT2D eigenvalue weighted by Crippen LogP contribution is -2.19. The fraction of sp³-hybridized carbons (Fsp3) is 0.462. The van der Waals surface area contributed by atoms with Gasteiger partial charge in [-0.3, -0.25) is 9.97 Å². The van der Waals surface area contributed by atoms with Crippen LogP contribution < -0.4 is 5.32 Å². The highest BCUT2D eigenvalue weighted by atomic mass is 15.0. The van der Waals surface area contributed by atoms with E-state index >= 15 is 0 Å². The Morgan fingerprint density at radius 2 is 2.11 bits per heavy atom. The first-order chi connectivity index (χ1) is 8.70. The third-order valence-electron chi connectivity index (χ3n) is 3.08. The number of aryl methyl sites for hydroxylation is 3. The maximum absolute atomic E-state index is 4.42. The molecule has 18 heavy (non-hydrogen) atoms. The summed E-state index contributed by atoms with van der Waals surface area (Å²) in [7, 11) is 3.97. The van der Waals surface area contributed by atoms with E-state index in [0.717, 1.165) is 30.1 Å². The summed E-state index contributed by atoms with van der Waals surface area (Å²) >= 11 is 0. The van der Waals surface area contributed by atoms with Gasteiger partial charge in [-0.2, -0.15) is 0 Å². The Hall–Kier alpha value is -1.75. The lowest BCUT2D eigenvalue weighted by molar-refractivity contribution is 0.521. The van der Waals surface area contributed by atoms with Crippen LogP contribution in [0.1, 0.15) is 29.7 Å². The second-order valence-corrected chi connectivity index (χ2v) is 4.42. The van der Waals surface area contributed by atoms with E-state index in [1.54, 1.807) is 6.20 Å². The largest absolute Gasteiger partial charge is 0.338 e. The van der Waals surface area contributed by atoms with Crippen molar-refractivity contribution in [2.24, 2.45) is 7.05 Å². The molecule has 0 aliphatic rings. The molecule has 0 radical (unpaired) electrons. The second-order valence-electron chi connectivity index (χ2n) is 4.42. The Morgan fingerprint density at radius 3 is 2.67 bits per heavy atom. The zero-order valence-corrected chi connectivity index (χ0v) is 11.1. The summed E-state index contributed by atoms with van der Waals surface area (Å²) in [5.74, 6) is 1.09. The maximum Gasteiger partial charge on any atom is 0.108 e. The van der Waals surface area contributed by atoms with Crippen LogP contribution in [0.25, 0.3) is 0 Å². The summed E-state index contributed by atoms with van der Waals surface area (Å²) in [5.41, 5.74) is 1.93. The standard InChI is InChI=1S/C13H19N5/c1-10-8-17-12(9-16-10)11(14-2)4-5-13-15-6-7-18(13)3/h6-9,11,14H,4-5H2,1-3H3. The van der Waals surface area contributed by atoms with Crippen molar-refractivity contribution in [2.75, 3.05) is 7.05 Å². The number of hydrogen-bond acceptors (Lipinski definition) is 4. The molecule has 2 aromatic rings. The molecule has 96 valence electrons. The van der Waals surface area contributed by atoms with Crippen LogP contribution in [0.15, 0.2) is 24.8 Å². The van der Waals surface area contributed by atoms with Gasteiger partial charge in [-0.1, -0.05) is 0 Å². The molecule has 2 aromatic heterocycles. The minimum Gasteiger partial charge on any atom is -0.338 e. The van der Waals surface area contributed by atoms with E-state index in [0.29, 0.717) is 0 Å². The molecule has 0 spiro atoms. The third-order valence-corrected chi connectivity index (χ3v) is 3.08. The summed E-state index contributed by atoms with van der Waals surface area (Å²) < 4.78 is 2.05. The van der Waals surface area contributed by atoms with E-state index in [1.807, 2.05) is 44.2 Å². The van der Waals surface area contributed by atoms with Crippen LogP contribution in [0.2, 0.25) is 0 Å². The minimum absolute atomic E-state index is 0.217. The minimum atomic E-state index is 0.217. The zero-order valence-electron chi connectivity index (χ0n) is 11.1. The van der Waals surface area contributed by atoms with Crippen molar-refractivity contribution in [3.63, 3.8) is 0 Å². The van der Waals surface area contributed by atoms with Gasteiger partial charge in [0, 0.05) is 32.1 Å². The van der Waals surface area contributed by atoms with Gasteiger partial charge in [0.15, 0.2) is 0 Å². The quantitative estimate of drug-likeness (QED) is 0.865. The molecule has 1 atom stereocenters. The normalized spacial score (nSPS) is 12.6. The molecule has 0 aliphatic carbocycles. The lowest BCUT2D eigenvalue weighted by Gasteiger charge is -2.15. The van der Waals surface area contributed by atoms with Crippen LogP contribution >= 0.6 is 0 Å². The first-order valence-corrected chi connectivity index (χ1v) is 6.12. The Bertz CT molecular complexity index is 488. The smallest absolute Gasteiger partial charge is 0.108 e. The molecule has 0 bridgehead atoms. The van der Waals surface area contributed by atoms with Gasteiger partial charge in [-0.15, -0.1) is 0 Å². The van der Waals surface area contributed by atoms with Crippen molar-refractivity contribution in [2.45, 2.75) is 25.8 Å². The highest BCUT2D eigenvalue weighted by Gasteiger charge is 2.12. The summed E-state index contributed by atoms with van der Waals surface area (Å²) in [6, 6.07) is 0.217. The summed E-state index contributed by atoms with van der Waals surface area (Å²) in [4.78, 5) is 13.0. The van der Waals surface area contributed by atoms with Crippen molar-refractivity contribution in [3.05, 3.63) is 42.0 Å². The van der Waals surface area contributed by atoms with Gasteiger partial charge in [0.25, 0.3) is 0 Å². The Balaban J connectivity index is 2.01. The molecule has 2 rings (SSSR count). The number of rotatable bonds is 5. The van der Waals surface area contributed by atoms with Crippen LogP contribution in [0.3, 0.4) is 0 Å². The Labute approximate surface area is 107 Å². The molecule has 1 unspecified atom stereocenters. The van der Waals surface area contributed by atoms with Gasteiger partial charge >= 0.3 is 0 Å². The van der Waals surface area contributed by atoms with Crippen molar-refractivity contribution in [1.29, 1.82) is 0 Å². The average molecular weight is 245 g/mol. The van der Waals surface area contributed by atoms with Crippen molar-refractivity contribution in [3.8, 4) is 0 Å². The highest BCUT2D eigenvalue weighted by Crippen LogP contribution is 2.15. The number of hydrogen-bond donors (Lipinski definition) is 1. The Morgan fingerprint density at radius 1 is 1.28 bits per heavy atom. The van der Waals surface area contributed by atoms with Gasteiger partial charge in [-0.05, 0) is 20.4 Å². The molecule has 5 nitrogen and oxygen atoms in total. The summed E-state index contributed by atoms with van der Waals surface area (Å²) in [5, 5.41) is 3.28. The molecule has 0 amide bonds. The van der Waals surface area contributed by atoms with E-state index in [2.05, 4.69) is 20.3 Å². The monoisotopic (exact) mass is 245 g/mol. The molecule has 0 aromatic carbocycles. The predicted molar refractivity (Wildman–Crippen MR) is 70.1 cm³/mol. The van der Waals surface area contributed by atoms with Crippen LogP contribution in [-0.4, -0.2) is 26.6 Å². The molecule has 0 saturated heterocycles. The number of nitrogens with zero attached hydrogens (tertiary/aromatic N) is 4. The SMILES string of the molecule is CNC(CCc1nccn1C)c1cnc(C)cn1. The zero-order chi connectivity index (χ0) is 13.0. The first-order valence-electron chi connectivity index (χ1n) is 6.12. The highest BCUT2D eigenvalue weighted by molar-refractivity contribution is 5.06. The van der Waals surface area contributed by atoms with Crippen LogP contribution in [-0.2, 0) is 13.5 Å². The third kappa shape index (κ3) is 2.92. The molecule has 0 saturated carbocycles. The van der Waals surface area contributed by atoms with Gasteiger partial charge < -0.3 is 9.88 Å². The maximum atomic E-state index is 4.42. The van der Waals surface area contributed by atoms with Crippen LogP contribution in [0.5, 0.6) is 0 Å². The van der Waals surface area contributed by atoms with E-state index in [-0.39, 0.29) is 6.04 Å². The van der Waals surface area contributed by atoms with E-state index in [9.17, 15) is 0 Å². The van der Waals surface area contributed by atoms with Gasteiger partial charge in [-0.25, -0.2) is 4.98 Å². The summed E-state index contributed by atoms with van der Waals surface area (Å²) in [6.07, 6.45) is 9.32.